The Morgan fingerprint density at radius 1 is 0.951 bits per heavy atom. The van der Waals surface area contributed by atoms with Gasteiger partial charge in [0, 0.05) is 5.56 Å². The van der Waals surface area contributed by atoms with Crippen LogP contribution in [0, 0.1) is 13.8 Å². The molecule has 4 aromatic rings. The fraction of sp³-hybridized carbons (Fsp3) is 0.303. The number of hydrogen-bond acceptors (Lipinski definition) is 7. The number of aryl methyl sites for hydroxylation is 2. The van der Waals surface area contributed by atoms with Gasteiger partial charge >= 0.3 is 5.91 Å². The van der Waals surface area contributed by atoms with Gasteiger partial charge in [0.25, 0.3) is 5.78 Å². The first-order valence-electron chi connectivity index (χ1n) is 14.0. The maximum absolute atomic E-state index is 13.7. The summed E-state index contributed by atoms with van der Waals surface area (Å²) < 4.78 is 12.5. The number of nitrogens with zero attached hydrogens (tertiary/aromatic N) is 2. The molecule has 1 fully saturated rings. The van der Waals surface area contributed by atoms with Crippen LogP contribution in [0.4, 0.5) is 5.13 Å². The molecule has 1 aromatic heterocycles. The zero-order valence-electron chi connectivity index (χ0n) is 23.8. The fourth-order valence-electron chi connectivity index (χ4n) is 5.00. The van der Waals surface area contributed by atoms with Gasteiger partial charge in [-0.05, 0) is 73.7 Å². The molecule has 1 aliphatic rings. The van der Waals surface area contributed by atoms with E-state index in [0.29, 0.717) is 41.0 Å². The van der Waals surface area contributed by atoms with E-state index in [1.165, 1.54) is 16.2 Å². The highest BCUT2D eigenvalue weighted by molar-refractivity contribution is 7.22. The minimum absolute atomic E-state index is 0.00875. The summed E-state index contributed by atoms with van der Waals surface area (Å²) in [4.78, 5) is 33.5. The number of rotatable bonds is 10. The molecule has 2 heterocycles. The number of thiazole rings is 1. The van der Waals surface area contributed by atoms with Crippen molar-refractivity contribution in [2.75, 3.05) is 18.1 Å². The van der Waals surface area contributed by atoms with Crippen molar-refractivity contribution in [2.24, 2.45) is 0 Å². The molecule has 3 aromatic carbocycles. The summed E-state index contributed by atoms with van der Waals surface area (Å²) >= 11 is 1.36. The molecule has 1 aliphatic heterocycles. The van der Waals surface area contributed by atoms with Gasteiger partial charge in [0.2, 0.25) is 0 Å². The van der Waals surface area contributed by atoms with Crippen LogP contribution in [0.3, 0.4) is 0 Å². The number of aliphatic hydroxyl groups is 1. The lowest BCUT2D eigenvalue weighted by Crippen LogP contribution is -2.29. The Hall–Kier alpha value is -4.17. The molecule has 0 aliphatic carbocycles. The quantitative estimate of drug-likeness (QED) is 0.0919. The van der Waals surface area contributed by atoms with Gasteiger partial charge in [0.1, 0.15) is 17.3 Å². The fourth-order valence-corrected chi connectivity index (χ4v) is 6.16. The van der Waals surface area contributed by atoms with Crippen molar-refractivity contribution in [3.63, 3.8) is 0 Å². The van der Waals surface area contributed by atoms with Gasteiger partial charge in [0.05, 0.1) is 35.0 Å². The zero-order chi connectivity index (χ0) is 29.1. The summed E-state index contributed by atoms with van der Waals surface area (Å²) in [5, 5.41) is 12.0. The molecule has 5 rings (SSSR count). The number of aliphatic hydroxyl groups excluding tert-OH is 1. The lowest BCUT2D eigenvalue weighted by atomic mass is 9.95. The Morgan fingerprint density at radius 3 is 2.44 bits per heavy atom. The molecule has 41 heavy (non-hydrogen) atoms. The highest BCUT2D eigenvalue weighted by atomic mass is 32.1. The molecule has 1 unspecified atom stereocenters. The third kappa shape index (κ3) is 5.70. The third-order valence-corrected chi connectivity index (χ3v) is 8.01. The van der Waals surface area contributed by atoms with Crippen molar-refractivity contribution in [3.8, 4) is 11.5 Å². The Morgan fingerprint density at radius 2 is 1.71 bits per heavy atom. The molecule has 8 heteroatoms. The van der Waals surface area contributed by atoms with Crippen LogP contribution in [0.5, 0.6) is 11.5 Å². The number of carbonyl (C=O) groups excluding carboxylic acids is 2. The van der Waals surface area contributed by atoms with E-state index in [-0.39, 0.29) is 11.3 Å². The number of hydrogen-bond donors (Lipinski definition) is 1. The van der Waals surface area contributed by atoms with Crippen LogP contribution >= 0.6 is 11.3 Å². The number of amides is 1. The molecule has 0 radical (unpaired) electrons. The molecule has 212 valence electrons. The highest BCUT2D eigenvalue weighted by Crippen LogP contribution is 2.45. The molecule has 0 spiro atoms. The predicted octanol–water partition coefficient (Wildman–Crippen LogP) is 7.51. The van der Waals surface area contributed by atoms with E-state index in [1.807, 2.05) is 57.2 Å². The minimum atomic E-state index is -0.873. The molecule has 1 atom stereocenters. The number of benzene rings is 3. The molecule has 0 bridgehead atoms. The van der Waals surface area contributed by atoms with E-state index in [4.69, 9.17) is 14.5 Å². The lowest BCUT2D eigenvalue weighted by Gasteiger charge is -2.23. The number of ether oxygens (including phenoxy) is 2. The van der Waals surface area contributed by atoms with Crippen molar-refractivity contribution < 1.29 is 24.2 Å². The van der Waals surface area contributed by atoms with Crippen LogP contribution in [0.1, 0.15) is 61.4 Å². The monoisotopic (exact) mass is 570 g/mol. The van der Waals surface area contributed by atoms with Crippen molar-refractivity contribution in [2.45, 2.75) is 53.0 Å². The largest absolute Gasteiger partial charge is 0.507 e. The van der Waals surface area contributed by atoms with Crippen molar-refractivity contribution in [1.82, 2.24) is 4.98 Å². The van der Waals surface area contributed by atoms with Crippen LogP contribution in [0.2, 0.25) is 0 Å². The second-order valence-electron chi connectivity index (χ2n) is 10.2. The molecular weight excluding hydrogens is 536 g/mol. The smallest absolute Gasteiger partial charge is 0.301 e. The van der Waals surface area contributed by atoms with Crippen molar-refractivity contribution in [1.29, 1.82) is 0 Å². The summed E-state index contributed by atoms with van der Waals surface area (Å²) in [5.74, 6) is -0.470. The van der Waals surface area contributed by atoms with E-state index in [9.17, 15) is 14.7 Å². The number of carbonyl (C=O) groups is 2. The Bertz CT molecular complexity index is 1620. The van der Waals surface area contributed by atoms with Gasteiger partial charge in [0.15, 0.2) is 5.13 Å². The van der Waals surface area contributed by atoms with Gasteiger partial charge in [-0.15, -0.1) is 0 Å². The second kappa shape index (κ2) is 12.1. The van der Waals surface area contributed by atoms with Gasteiger partial charge in [-0.3, -0.25) is 14.5 Å². The highest BCUT2D eigenvalue weighted by Gasteiger charge is 2.48. The zero-order valence-corrected chi connectivity index (χ0v) is 24.6. The van der Waals surface area contributed by atoms with E-state index in [0.717, 1.165) is 40.6 Å². The maximum atomic E-state index is 13.7. The predicted molar refractivity (Wildman–Crippen MR) is 163 cm³/mol. The number of anilines is 1. The lowest BCUT2D eigenvalue weighted by molar-refractivity contribution is -0.132. The molecule has 0 saturated carbocycles. The first kappa shape index (κ1) is 28.4. The molecule has 1 saturated heterocycles. The van der Waals surface area contributed by atoms with Crippen molar-refractivity contribution in [3.05, 3.63) is 88.5 Å². The number of unbranched alkanes of at least 4 members (excludes halogenated alkanes) is 1. The van der Waals surface area contributed by atoms with Crippen LogP contribution in [0.15, 0.2) is 66.2 Å². The van der Waals surface area contributed by atoms with Crippen LogP contribution < -0.4 is 14.4 Å². The van der Waals surface area contributed by atoms with Crippen LogP contribution in [-0.2, 0) is 9.59 Å². The summed E-state index contributed by atoms with van der Waals surface area (Å²) in [7, 11) is 0. The molecule has 1 N–H and O–H groups in total. The Kier molecular flexibility index (Phi) is 8.40. The standard InChI is InChI=1S/C33H34N2O5S/c1-5-7-16-40-24-13-11-22(12-14-24)29-27(30(36)23-9-8-10-25(19-23)39-15-6-2)31(37)32(38)35(29)33-34-28-21(4)17-20(3)18-26(28)41-33/h8-14,17-19,29,36H,5-7,15-16H2,1-4H3. The third-order valence-electron chi connectivity index (χ3n) is 7.01. The number of ketones is 1. The number of fused-ring (bicyclic) bond motifs is 1. The molecular formula is C33H34N2O5S. The van der Waals surface area contributed by atoms with Crippen LogP contribution in [0.25, 0.3) is 16.0 Å². The average molecular weight is 571 g/mol. The van der Waals surface area contributed by atoms with E-state index >= 15 is 0 Å². The maximum Gasteiger partial charge on any atom is 0.301 e. The summed E-state index contributed by atoms with van der Waals surface area (Å²) in [6, 6.07) is 17.5. The average Bonchev–Trinajstić information content (AvgIpc) is 3.50. The van der Waals surface area contributed by atoms with Gasteiger partial charge in [-0.1, -0.05) is 61.9 Å². The first-order valence-corrected chi connectivity index (χ1v) is 14.8. The molecule has 1 amide bonds. The topological polar surface area (TPSA) is 89.0 Å². The van der Waals surface area contributed by atoms with Gasteiger partial charge in [-0.2, -0.15) is 0 Å². The Labute approximate surface area is 244 Å². The van der Waals surface area contributed by atoms with E-state index < -0.39 is 17.7 Å². The Balaban J connectivity index is 1.64. The van der Waals surface area contributed by atoms with E-state index in [2.05, 4.69) is 6.92 Å². The SMILES string of the molecule is CCCCOc1ccc(C2C(=C(O)c3cccc(OCCC)c3)C(=O)C(=O)N2c2nc3c(C)cc(C)cc3s2)cc1. The number of aromatic nitrogens is 1. The second-order valence-corrected chi connectivity index (χ2v) is 11.3. The van der Waals surface area contributed by atoms with Crippen molar-refractivity contribution >= 4 is 44.1 Å². The summed E-state index contributed by atoms with van der Waals surface area (Å²) in [6.07, 6.45) is 2.80. The number of Topliss-reactive ketones (excluding diaryl/α,β-unsaturated/α-hetero) is 1. The van der Waals surface area contributed by atoms with E-state index in [1.54, 1.807) is 24.3 Å². The first-order chi connectivity index (χ1) is 19.8. The molecule has 7 nitrogen and oxygen atoms in total. The summed E-state index contributed by atoms with van der Waals surface area (Å²) in [5.41, 5.74) is 3.95. The van der Waals surface area contributed by atoms with Gasteiger partial charge < -0.3 is 14.6 Å². The van der Waals surface area contributed by atoms with Crippen LogP contribution in [-0.4, -0.2) is 35.0 Å². The minimum Gasteiger partial charge on any atom is -0.507 e. The normalized spacial score (nSPS) is 16.5. The van der Waals surface area contributed by atoms with Gasteiger partial charge in [-0.25, -0.2) is 4.98 Å². The summed E-state index contributed by atoms with van der Waals surface area (Å²) in [6.45, 7) is 9.24.